The van der Waals surface area contributed by atoms with Crippen LogP contribution in [0.1, 0.15) is 29.2 Å². The molecule has 0 radical (unpaired) electrons. The van der Waals surface area contributed by atoms with Gasteiger partial charge in [-0.1, -0.05) is 30.3 Å². The number of nitrogens with two attached hydrogens (primary N) is 2. The summed E-state index contributed by atoms with van der Waals surface area (Å²) in [5.41, 5.74) is 15.0. The molecule has 0 spiro atoms. The second kappa shape index (κ2) is 4.29. The van der Waals surface area contributed by atoms with E-state index in [1.54, 1.807) is 0 Å². The van der Waals surface area contributed by atoms with Gasteiger partial charge in [-0.15, -0.1) is 0 Å². The average molecular weight is 240 g/mol. The average Bonchev–Trinajstić information content (AvgIpc) is 2.39. The Balaban J connectivity index is 1.94. The Morgan fingerprint density at radius 3 is 2.61 bits per heavy atom. The number of nitrogens with zero attached hydrogens (tertiary/aromatic N) is 2. The van der Waals surface area contributed by atoms with Crippen molar-refractivity contribution in [2.75, 3.05) is 11.5 Å². The van der Waals surface area contributed by atoms with Gasteiger partial charge >= 0.3 is 0 Å². The van der Waals surface area contributed by atoms with E-state index in [2.05, 4.69) is 34.2 Å². The van der Waals surface area contributed by atoms with Crippen molar-refractivity contribution in [3.63, 3.8) is 0 Å². The van der Waals surface area contributed by atoms with Gasteiger partial charge in [0.1, 0.15) is 5.82 Å². The summed E-state index contributed by atoms with van der Waals surface area (Å²) < 4.78 is 0. The molecule has 0 aliphatic heterocycles. The van der Waals surface area contributed by atoms with Crippen molar-refractivity contribution in [1.82, 2.24) is 9.97 Å². The molecule has 1 aromatic carbocycles. The fraction of sp³-hybridized carbons (Fsp3) is 0.286. The molecular formula is C14H16N4. The van der Waals surface area contributed by atoms with Gasteiger partial charge in [-0.3, -0.25) is 0 Å². The molecule has 4 heteroatoms. The first-order chi connectivity index (χ1) is 8.74. The van der Waals surface area contributed by atoms with Gasteiger partial charge in [-0.05, 0) is 30.7 Å². The van der Waals surface area contributed by atoms with Gasteiger partial charge < -0.3 is 11.5 Å². The first kappa shape index (κ1) is 11.0. The summed E-state index contributed by atoms with van der Waals surface area (Å²) >= 11 is 0. The van der Waals surface area contributed by atoms with Gasteiger partial charge in [0.15, 0.2) is 0 Å². The first-order valence-corrected chi connectivity index (χ1v) is 6.19. The van der Waals surface area contributed by atoms with E-state index in [0.29, 0.717) is 11.7 Å². The third-order valence-electron chi connectivity index (χ3n) is 3.59. The van der Waals surface area contributed by atoms with Crippen LogP contribution in [-0.2, 0) is 12.8 Å². The van der Waals surface area contributed by atoms with Crippen molar-refractivity contribution >= 4 is 11.8 Å². The molecule has 3 rings (SSSR count). The minimum absolute atomic E-state index is 0.282. The number of rotatable bonds is 1. The molecule has 1 aromatic heterocycles. The lowest BCUT2D eigenvalue weighted by Gasteiger charge is -2.25. The maximum Gasteiger partial charge on any atom is 0.222 e. The molecular weight excluding hydrogens is 224 g/mol. The highest BCUT2D eigenvalue weighted by molar-refractivity contribution is 5.48. The van der Waals surface area contributed by atoms with Gasteiger partial charge in [-0.2, -0.15) is 4.98 Å². The zero-order chi connectivity index (χ0) is 12.5. The molecule has 1 aliphatic carbocycles. The highest BCUT2D eigenvalue weighted by atomic mass is 15.0. The predicted molar refractivity (Wildman–Crippen MR) is 72.1 cm³/mol. The van der Waals surface area contributed by atoms with Gasteiger partial charge in [0, 0.05) is 5.56 Å². The molecule has 0 unspecified atom stereocenters. The standard InChI is InChI=1S/C14H16N4/c15-13-11-8-10(9-4-2-1-3-5-9)6-7-12(11)17-14(16)18-13/h1-5,10H,6-8H2,(H4,15,16,17,18)/t10-/m0/s1. The normalized spacial score (nSPS) is 18.3. The fourth-order valence-electron chi connectivity index (χ4n) is 2.67. The van der Waals surface area contributed by atoms with E-state index in [4.69, 9.17) is 11.5 Å². The lowest BCUT2D eigenvalue weighted by atomic mass is 9.82. The van der Waals surface area contributed by atoms with Crippen LogP contribution in [0.4, 0.5) is 11.8 Å². The molecule has 1 aliphatic rings. The quantitative estimate of drug-likeness (QED) is 0.798. The van der Waals surface area contributed by atoms with Crippen LogP contribution < -0.4 is 11.5 Å². The summed E-state index contributed by atoms with van der Waals surface area (Å²) in [4.78, 5) is 8.35. The number of aryl methyl sites for hydroxylation is 1. The van der Waals surface area contributed by atoms with Crippen LogP contribution in [0.25, 0.3) is 0 Å². The lowest BCUT2D eigenvalue weighted by Crippen LogP contribution is -2.18. The van der Waals surface area contributed by atoms with Crippen LogP contribution in [0.5, 0.6) is 0 Å². The number of benzene rings is 1. The number of hydrogen-bond donors (Lipinski definition) is 2. The van der Waals surface area contributed by atoms with E-state index in [0.717, 1.165) is 30.5 Å². The number of fused-ring (bicyclic) bond motifs is 1. The summed E-state index contributed by atoms with van der Waals surface area (Å²) in [5.74, 6) is 1.33. The van der Waals surface area contributed by atoms with Crippen molar-refractivity contribution in [2.45, 2.75) is 25.2 Å². The third kappa shape index (κ3) is 1.90. The number of aromatic nitrogens is 2. The minimum atomic E-state index is 0.282. The highest BCUT2D eigenvalue weighted by Gasteiger charge is 2.23. The minimum Gasteiger partial charge on any atom is -0.383 e. The molecule has 18 heavy (non-hydrogen) atoms. The van der Waals surface area contributed by atoms with Gasteiger partial charge in [0.05, 0.1) is 5.69 Å². The van der Waals surface area contributed by atoms with E-state index in [1.165, 1.54) is 5.56 Å². The van der Waals surface area contributed by atoms with E-state index in [-0.39, 0.29) is 5.95 Å². The van der Waals surface area contributed by atoms with E-state index < -0.39 is 0 Å². The topological polar surface area (TPSA) is 77.8 Å². The summed E-state index contributed by atoms with van der Waals surface area (Å²) in [7, 11) is 0. The van der Waals surface area contributed by atoms with Crippen molar-refractivity contribution in [2.24, 2.45) is 0 Å². The monoisotopic (exact) mass is 240 g/mol. The zero-order valence-corrected chi connectivity index (χ0v) is 10.1. The van der Waals surface area contributed by atoms with E-state index in [1.807, 2.05) is 6.07 Å². The van der Waals surface area contributed by atoms with E-state index >= 15 is 0 Å². The zero-order valence-electron chi connectivity index (χ0n) is 10.1. The number of nitrogen functional groups attached to an aromatic ring is 2. The Bertz CT molecular complexity index is 566. The second-order valence-corrected chi connectivity index (χ2v) is 4.74. The first-order valence-electron chi connectivity index (χ1n) is 6.19. The second-order valence-electron chi connectivity index (χ2n) is 4.74. The maximum absolute atomic E-state index is 5.95. The molecule has 0 amide bonds. The molecule has 0 fully saturated rings. The van der Waals surface area contributed by atoms with Gasteiger partial charge in [0.25, 0.3) is 0 Å². The van der Waals surface area contributed by atoms with Crippen LogP contribution in [-0.4, -0.2) is 9.97 Å². The number of anilines is 2. The largest absolute Gasteiger partial charge is 0.383 e. The van der Waals surface area contributed by atoms with Gasteiger partial charge in [0.2, 0.25) is 5.95 Å². The van der Waals surface area contributed by atoms with Crippen LogP contribution >= 0.6 is 0 Å². The molecule has 1 heterocycles. The van der Waals surface area contributed by atoms with Gasteiger partial charge in [-0.25, -0.2) is 4.98 Å². The molecule has 0 bridgehead atoms. The fourth-order valence-corrected chi connectivity index (χ4v) is 2.67. The van der Waals surface area contributed by atoms with Crippen LogP contribution in [0.3, 0.4) is 0 Å². The molecule has 4 nitrogen and oxygen atoms in total. The third-order valence-corrected chi connectivity index (χ3v) is 3.59. The Labute approximate surface area is 106 Å². The summed E-state index contributed by atoms with van der Waals surface area (Å²) in [5, 5.41) is 0. The Hall–Kier alpha value is -2.10. The van der Waals surface area contributed by atoms with Crippen molar-refractivity contribution < 1.29 is 0 Å². The molecule has 2 aromatic rings. The van der Waals surface area contributed by atoms with Crippen molar-refractivity contribution in [3.8, 4) is 0 Å². The van der Waals surface area contributed by atoms with Crippen LogP contribution in [0.2, 0.25) is 0 Å². The van der Waals surface area contributed by atoms with Crippen molar-refractivity contribution in [1.29, 1.82) is 0 Å². The molecule has 0 saturated heterocycles. The molecule has 1 atom stereocenters. The summed E-state index contributed by atoms with van der Waals surface area (Å²) in [6.07, 6.45) is 2.92. The summed E-state index contributed by atoms with van der Waals surface area (Å²) in [6.45, 7) is 0. The van der Waals surface area contributed by atoms with Crippen LogP contribution in [0.15, 0.2) is 30.3 Å². The maximum atomic E-state index is 5.95. The van der Waals surface area contributed by atoms with Crippen molar-refractivity contribution in [3.05, 3.63) is 47.2 Å². The molecule has 0 saturated carbocycles. The SMILES string of the molecule is Nc1nc(N)c2c(n1)CC[C@H](c1ccccc1)C2. The number of hydrogen-bond acceptors (Lipinski definition) is 4. The predicted octanol–water partition coefficient (Wildman–Crippen LogP) is 1.91. The molecule has 92 valence electrons. The highest BCUT2D eigenvalue weighted by Crippen LogP contribution is 2.33. The van der Waals surface area contributed by atoms with E-state index in [9.17, 15) is 0 Å². The Kier molecular flexibility index (Phi) is 2.63. The Morgan fingerprint density at radius 1 is 1.06 bits per heavy atom. The molecule has 4 N–H and O–H groups in total. The summed E-state index contributed by atoms with van der Waals surface area (Å²) in [6, 6.07) is 10.5. The van der Waals surface area contributed by atoms with Crippen LogP contribution in [0, 0.1) is 0 Å². The lowest BCUT2D eigenvalue weighted by molar-refractivity contribution is 0.574. The smallest absolute Gasteiger partial charge is 0.222 e. The Morgan fingerprint density at radius 2 is 1.83 bits per heavy atom.